The molecule has 1 aromatic carbocycles. The Balaban J connectivity index is 2.55. The van der Waals surface area contributed by atoms with Gasteiger partial charge in [-0.1, -0.05) is 29.8 Å². The maximum atomic E-state index is 5.99. The second-order valence-corrected chi connectivity index (χ2v) is 3.11. The Hall–Kier alpha value is -1.61. The number of nitrogens with zero attached hydrogens (tertiary/aromatic N) is 2. The largest absolute Gasteiger partial charge is 0.368 e. The number of halogens is 1. The van der Waals surface area contributed by atoms with Gasteiger partial charge in [0.15, 0.2) is 0 Å². The lowest BCUT2D eigenvalue weighted by molar-refractivity contribution is 1.18. The molecular formula is C10H7ClN3. The minimum atomic E-state index is 0.221. The predicted molar refractivity (Wildman–Crippen MR) is 55.7 cm³/mol. The third-order valence-electron chi connectivity index (χ3n) is 1.75. The Morgan fingerprint density at radius 1 is 1.29 bits per heavy atom. The Morgan fingerprint density at radius 3 is 2.79 bits per heavy atom. The molecule has 14 heavy (non-hydrogen) atoms. The summed E-state index contributed by atoms with van der Waals surface area (Å²) in [6.45, 7) is 0. The zero-order chi connectivity index (χ0) is 9.97. The van der Waals surface area contributed by atoms with Gasteiger partial charge in [-0.2, -0.15) is 0 Å². The zero-order valence-corrected chi connectivity index (χ0v) is 7.99. The molecule has 4 heteroatoms. The van der Waals surface area contributed by atoms with Gasteiger partial charge in [0.05, 0.1) is 5.69 Å². The molecule has 1 aromatic heterocycles. The van der Waals surface area contributed by atoms with Gasteiger partial charge in [-0.15, -0.1) is 0 Å². The molecule has 0 aliphatic heterocycles. The first-order valence-electron chi connectivity index (χ1n) is 4.02. The molecule has 0 atom stereocenters. The van der Waals surface area contributed by atoms with E-state index in [9.17, 15) is 0 Å². The molecule has 1 radical (unpaired) electrons. The van der Waals surface area contributed by atoms with Gasteiger partial charge in [-0.25, -0.2) is 9.97 Å². The van der Waals surface area contributed by atoms with Crippen LogP contribution >= 0.6 is 11.6 Å². The summed E-state index contributed by atoms with van der Waals surface area (Å²) in [5.74, 6) is 0.221. The molecule has 0 fully saturated rings. The van der Waals surface area contributed by atoms with Crippen LogP contribution in [0.1, 0.15) is 0 Å². The van der Waals surface area contributed by atoms with Crippen molar-refractivity contribution in [3.63, 3.8) is 0 Å². The van der Waals surface area contributed by atoms with Crippen molar-refractivity contribution in [3.05, 3.63) is 41.6 Å². The third kappa shape index (κ3) is 1.67. The number of anilines is 1. The van der Waals surface area contributed by atoms with Crippen LogP contribution in [-0.2, 0) is 0 Å². The third-order valence-corrected chi connectivity index (χ3v) is 2.08. The molecule has 0 spiro atoms. The average molecular weight is 205 g/mol. The number of nitrogens with two attached hydrogens (primary N) is 1. The topological polar surface area (TPSA) is 51.8 Å². The van der Waals surface area contributed by atoms with E-state index in [1.165, 1.54) is 6.20 Å². The van der Waals surface area contributed by atoms with Crippen LogP contribution in [0.4, 0.5) is 5.95 Å². The van der Waals surface area contributed by atoms with Gasteiger partial charge >= 0.3 is 0 Å². The number of hydrogen-bond donors (Lipinski definition) is 1. The SMILES string of the molecule is Nc1nc[c]c(-c2ccccc2Cl)n1. The highest BCUT2D eigenvalue weighted by Crippen LogP contribution is 2.25. The van der Waals surface area contributed by atoms with E-state index in [1.54, 1.807) is 6.07 Å². The first-order chi connectivity index (χ1) is 6.77. The second-order valence-electron chi connectivity index (χ2n) is 2.70. The molecule has 0 bridgehead atoms. The van der Waals surface area contributed by atoms with Gasteiger partial charge in [0, 0.05) is 22.8 Å². The summed E-state index contributed by atoms with van der Waals surface area (Å²) >= 11 is 5.99. The Labute approximate surface area is 86.6 Å². The second kappa shape index (κ2) is 3.64. The summed E-state index contributed by atoms with van der Waals surface area (Å²) in [6.07, 6.45) is 1.49. The standard InChI is InChI=1S/C10H7ClN3/c11-8-4-2-1-3-7(8)9-5-6-13-10(12)14-9/h1-4,6H,(H2,12,13,14). The molecule has 2 aromatic rings. The number of benzene rings is 1. The first-order valence-corrected chi connectivity index (χ1v) is 4.40. The molecule has 0 unspecified atom stereocenters. The van der Waals surface area contributed by atoms with E-state index in [-0.39, 0.29) is 5.95 Å². The first kappa shape index (κ1) is 8.97. The van der Waals surface area contributed by atoms with Gasteiger partial charge in [0.25, 0.3) is 0 Å². The zero-order valence-electron chi connectivity index (χ0n) is 7.24. The van der Waals surface area contributed by atoms with Crippen molar-refractivity contribution < 1.29 is 0 Å². The monoisotopic (exact) mass is 204 g/mol. The Morgan fingerprint density at radius 2 is 2.07 bits per heavy atom. The van der Waals surface area contributed by atoms with E-state index in [0.29, 0.717) is 10.7 Å². The quantitative estimate of drug-likeness (QED) is 0.775. The molecule has 0 amide bonds. The van der Waals surface area contributed by atoms with Crippen molar-refractivity contribution in [2.75, 3.05) is 5.73 Å². The van der Waals surface area contributed by atoms with Gasteiger partial charge < -0.3 is 5.73 Å². The van der Waals surface area contributed by atoms with Crippen LogP contribution in [0.15, 0.2) is 30.5 Å². The van der Waals surface area contributed by atoms with Gasteiger partial charge in [0.2, 0.25) is 5.95 Å². The molecule has 0 aliphatic rings. The smallest absolute Gasteiger partial charge is 0.220 e. The van der Waals surface area contributed by atoms with Crippen LogP contribution in [-0.4, -0.2) is 9.97 Å². The summed E-state index contributed by atoms with van der Waals surface area (Å²) in [5, 5.41) is 0.627. The van der Waals surface area contributed by atoms with Gasteiger partial charge in [-0.3, -0.25) is 0 Å². The van der Waals surface area contributed by atoms with Crippen molar-refractivity contribution in [2.24, 2.45) is 0 Å². The van der Waals surface area contributed by atoms with Crippen LogP contribution in [0, 0.1) is 6.07 Å². The van der Waals surface area contributed by atoms with Crippen molar-refractivity contribution in [2.45, 2.75) is 0 Å². The Bertz CT molecular complexity index is 457. The fraction of sp³-hybridized carbons (Fsp3) is 0. The van der Waals surface area contributed by atoms with E-state index in [2.05, 4.69) is 16.0 Å². The van der Waals surface area contributed by atoms with Gasteiger partial charge in [0.1, 0.15) is 0 Å². The summed E-state index contributed by atoms with van der Waals surface area (Å²) in [6, 6.07) is 10.3. The summed E-state index contributed by atoms with van der Waals surface area (Å²) in [7, 11) is 0. The number of rotatable bonds is 1. The van der Waals surface area contributed by atoms with E-state index < -0.39 is 0 Å². The molecule has 69 valence electrons. The van der Waals surface area contributed by atoms with E-state index in [4.69, 9.17) is 17.3 Å². The lowest BCUT2D eigenvalue weighted by atomic mass is 10.1. The molecule has 0 saturated carbocycles. The van der Waals surface area contributed by atoms with E-state index >= 15 is 0 Å². The number of aromatic nitrogens is 2. The normalized spacial score (nSPS) is 10.1. The molecule has 3 nitrogen and oxygen atoms in total. The molecule has 0 saturated heterocycles. The molecular weight excluding hydrogens is 198 g/mol. The lowest BCUT2D eigenvalue weighted by Crippen LogP contribution is -1.95. The van der Waals surface area contributed by atoms with Crippen LogP contribution in [0.5, 0.6) is 0 Å². The fourth-order valence-electron chi connectivity index (χ4n) is 1.13. The van der Waals surface area contributed by atoms with E-state index in [1.807, 2.05) is 18.2 Å². The fourth-order valence-corrected chi connectivity index (χ4v) is 1.35. The van der Waals surface area contributed by atoms with E-state index in [0.717, 1.165) is 5.56 Å². The minimum Gasteiger partial charge on any atom is -0.368 e. The summed E-state index contributed by atoms with van der Waals surface area (Å²) in [5.41, 5.74) is 6.88. The van der Waals surface area contributed by atoms with Crippen molar-refractivity contribution in [1.82, 2.24) is 9.97 Å². The molecule has 2 N–H and O–H groups in total. The minimum absolute atomic E-state index is 0.221. The lowest BCUT2D eigenvalue weighted by Gasteiger charge is -2.02. The maximum Gasteiger partial charge on any atom is 0.220 e. The van der Waals surface area contributed by atoms with Crippen LogP contribution in [0.3, 0.4) is 0 Å². The highest BCUT2D eigenvalue weighted by molar-refractivity contribution is 6.33. The van der Waals surface area contributed by atoms with Crippen LogP contribution in [0.2, 0.25) is 5.02 Å². The average Bonchev–Trinajstić information content (AvgIpc) is 2.18. The number of nitrogen functional groups attached to an aromatic ring is 1. The van der Waals surface area contributed by atoms with Gasteiger partial charge in [-0.05, 0) is 6.07 Å². The summed E-state index contributed by atoms with van der Waals surface area (Å²) < 4.78 is 0. The van der Waals surface area contributed by atoms with Crippen molar-refractivity contribution >= 4 is 17.5 Å². The molecule has 2 rings (SSSR count). The number of hydrogen-bond acceptors (Lipinski definition) is 3. The van der Waals surface area contributed by atoms with Crippen LogP contribution < -0.4 is 5.73 Å². The highest BCUT2D eigenvalue weighted by Gasteiger charge is 2.04. The molecule has 0 aliphatic carbocycles. The highest BCUT2D eigenvalue weighted by atomic mass is 35.5. The predicted octanol–water partition coefficient (Wildman–Crippen LogP) is 2.18. The Kier molecular flexibility index (Phi) is 2.33. The molecule has 1 heterocycles. The summed E-state index contributed by atoms with van der Waals surface area (Å²) in [4.78, 5) is 7.79. The van der Waals surface area contributed by atoms with Crippen LogP contribution in [0.25, 0.3) is 11.3 Å². The van der Waals surface area contributed by atoms with Crippen molar-refractivity contribution in [1.29, 1.82) is 0 Å². The maximum absolute atomic E-state index is 5.99. The van der Waals surface area contributed by atoms with Crippen molar-refractivity contribution in [3.8, 4) is 11.3 Å².